The second kappa shape index (κ2) is 10.6. The first-order chi connectivity index (χ1) is 18.2. The van der Waals surface area contributed by atoms with E-state index in [2.05, 4.69) is 20.3 Å². The Kier molecular flexibility index (Phi) is 7.19. The molecule has 0 aliphatic carbocycles. The van der Waals surface area contributed by atoms with Crippen LogP contribution in [0.15, 0.2) is 36.4 Å². The number of halogens is 4. The minimum Gasteiger partial charge on any atom is -0.445 e. The standard InChI is InChI=1S/C25H26F4N6O3/c26-20-13-16(1-3-19(20)25(27,28)29)15-38-24(37)35-11-9-33(10-12-35)18-5-7-34(8-6-18)23(36)17-2-4-21-22(14-17)31-32-30-21/h1-4,13-14,18H,5-12,15H2,(H,30,31,32). The summed E-state index contributed by atoms with van der Waals surface area (Å²) in [5, 5.41) is 10.5. The van der Waals surface area contributed by atoms with E-state index < -0.39 is 23.7 Å². The Labute approximate surface area is 215 Å². The van der Waals surface area contributed by atoms with E-state index in [1.165, 1.54) is 4.90 Å². The SMILES string of the molecule is O=C(OCc1ccc(C(F)(F)F)c(F)c1)N1CCN(C2CCN(C(=O)c3ccc4[nH]nnc4c3)CC2)CC1. The minimum atomic E-state index is -4.78. The number of likely N-dealkylation sites (tertiary alicyclic amines) is 1. The van der Waals surface area contributed by atoms with Gasteiger partial charge in [0.25, 0.3) is 5.91 Å². The van der Waals surface area contributed by atoms with Crippen LogP contribution in [-0.4, -0.2) is 87.4 Å². The van der Waals surface area contributed by atoms with Gasteiger partial charge in [-0.2, -0.15) is 13.2 Å². The number of aromatic amines is 1. The van der Waals surface area contributed by atoms with Crippen molar-refractivity contribution in [2.24, 2.45) is 0 Å². The molecule has 13 heteroatoms. The van der Waals surface area contributed by atoms with Crippen molar-refractivity contribution < 1.29 is 31.9 Å². The Morgan fingerprint density at radius 3 is 2.39 bits per heavy atom. The van der Waals surface area contributed by atoms with Gasteiger partial charge in [-0.25, -0.2) is 9.18 Å². The number of fused-ring (bicyclic) bond motifs is 1. The molecule has 5 rings (SSSR count). The number of nitrogens with zero attached hydrogens (tertiary/aromatic N) is 5. The van der Waals surface area contributed by atoms with Crippen LogP contribution in [0.2, 0.25) is 0 Å². The maximum atomic E-state index is 13.7. The summed E-state index contributed by atoms with van der Waals surface area (Å²) in [6, 6.07) is 8.07. The highest BCUT2D eigenvalue weighted by Crippen LogP contribution is 2.31. The smallest absolute Gasteiger partial charge is 0.419 e. The summed E-state index contributed by atoms with van der Waals surface area (Å²) in [6.45, 7) is 3.12. The number of benzene rings is 2. The van der Waals surface area contributed by atoms with E-state index in [0.29, 0.717) is 62.5 Å². The van der Waals surface area contributed by atoms with Crippen LogP contribution in [0.3, 0.4) is 0 Å². The number of piperazine rings is 1. The molecule has 2 aliphatic heterocycles. The van der Waals surface area contributed by atoms with Crippen LogP contribution in [0.1, 0.15) is 34.3 Å². The van der Waals surface area contributed by atoms with Crippen molar-refractivity contribution in [1.29, 1.82) is 0 Å². The van der Waals surface area contributed by atoms with Crippen LogP contribution in [0, 0.1) is 5.82 Å². The van der Waals surface area contributed by atoms with E-state index in [1.54, 1.807) is 18.2 Å². The molecular formula is C25H26F4N6O3. The molecule has 0 radical (unpaired) electrons. The largest absolute Gasteiger partial charge is 0.445 e. The Hall–Kier alpha value is -3.74. The number of nitrogens with one attached hydrogen (secondary N) is 1. The Bertz CT molecular complexity index is 1310. The first-order valence-corrected chi connectivity index (χ1v) is 12.3. The van der Waals surface area contributed by atoms with E-state index in [-0.39, 0.29) is 18.1 Å². The molecule has 0 atom stereocenters. The third-order valence-electron chi connectivity index (χ3n) is 7.11. The van der Waals surface area contributed by atoms with Gasteiger partial charge in [-0.15, -0.1) is 5.10 Å². The fraction of sp³-hybridized carbons (Fsp3) is 0.440. The van der Waals surface area contributed by atoms with Crippen molar-refractivity contribution in [3.05, 3.63) is 58.9 Å². The van der Waals surface area contributed by atoms with Gasteiger partial charge in [0.15, 0.2) is 0 Å². The highest BCUT2D eigenvalue weighted by atomic mass is 19.4. The molecule has 0 bridgehead atoms. The zero-order valence-corrected chi connectivity index (χ0v) is 20.4. The van der Waals surface area contributed by atoms with E-state index in [1.807, 2.05) is 4.90 Å². The summed E-state index contributed by atoms with van der Waals surface area (Å²) >= 11 is 0. The van der Waals surface area contributed by atoms with Crippen molar-refractivity contribution in [3.8, 4) is 0 Å². The predicted molar refractivity (Wildman–Crippen MR) is 128 cm³/mol. The third-order valence-corrected chi connectivity index (χ3v) is 7.11. The number of aromatic nitrogens is 3. The molecule has 202 valence electrons. The minimum absolute atomic E-state index is 0.0335. The molecule has 2 aliphatic rings. The van der Waals surface area contributed by atoms with Gasteiger partial charge in [-0.3, -0.25) is 14.8 Å². The average molecular weight is 535 g/mol. The normalized spacial score (nSPS) is 17.7. The molecule has 2 saturated heterocycles. The summed E-state index contributed by atoms with van der Waals surface area (Å²) in [5.41, 5.74) is 0.790. The van der Waals surface area contributed by atoms with E-state index in [0.717, 1.165) is 30.5 Å². The van der Waals surface area contributed by atoms with E-state index in [9.17, 15) is 27.2 Å². The van der Waals surface area contributed by atoms with Gasteiger partial charge in [0.05, 0.1) is 11.1 Å². The lowest BCUT2D eigenvalue weighted by atomic mass is 10.0. The fourth-order valence-corrected chi connectivity index (χ4v) is 4.98. The maximum Gasteiger partial charge on any atom is 0.419 e. The van der Waals surface area contributed by atoms with Crippen LogP contribution >= 0.6 is 0 Å². The second-order valence-corrected chi connectivity index (χ2v) is 9.46. The predicted octanol–water partition coefficient (Wildman–Crippen LogP) is 3.67. The monoisotopic (exact) mass is 534 g/mol. The molecule has 2 aromatic carbocycles. The third kappa shape index (κ3) is 5.57. The van der Waals surface area contributed by atoms with Crippen LogP contribution in [0.5, 0.6) is 0 Å². The average Bonchev–Trinajstić information content (AvgIpc) is 3.39. The van der Waals surface area contributed by atoms with Crippen molar-refractivity contribution in [2.45, 2.75) is 31.7 Å². The molecule has 2 fully saturated rings. The topological polar surface area (TPSA) is 94.7 Å². The van der Waals surface area contributed by atoms with E-state index in [4.69, 9.17) is 4.74 Å². The van der Waals surface area contributed by atoms with Gasteiger partial charge in [-0.1, -0.05) is 11.3 Å². The van der Waals surface area contributed by atoms with Gasteiger partial charge in [0, 0.05) is 50.9 Å². The molecule has 1 aromatic heterocycles. The fourth-order valence-electron chi connectivity index (χ4n) is 4.98. The molecule has 0 spiro atoms. The quantitative estimate of drug-likeness (QED) is 0.514. The Morgan fingerprint density at radius 2 is 1.71 bits per heavy atom. The number of piperidine rings is 1. The van der Waals surface area contributed by atoms with Crippen molar-refractivity contribution in [1.82, 2.24) is 30.1 Å². The first kappa shape index (κ1) is 25.9. The lowest BCUT2D eigenvalue weighted by molar-refractivity contribution is -0.140. The van der Waals surface area contributed by atoms with Gasteiger partial charge in [0.2, 0.25) is 0 Å². The van der Waals surface area contributed by atoms with Gasteiger partial charge < -0.3 is 14.5 Å². The number of rotatable bonds is 4. The number of H-pyrrole nitrogens is 1. The summed E-state index contributed by atoms with van der Waals surface area (Å²) in [6.07, 6.45) is -3.73. The van der Waals surface area contributed by atoms with E-state index >= 15 is 0 Å². The van der Waals surface area contributed by atoms with Gasteiger partial charge in [0.1, 0.15) is 17.9 Å². The maximum absolute atomic E-state index is 13.7. The highest BCUT2D eigenvalue weighted by molar-refractivity contribution is 5.97. The Balaban J connectivity index is 1.06. The number of alkyl halides is 3. The molecule has 38 heavy (non-hydrogen) atoms. The van der Waals surface area contributed by atoms with Gasteiger partial charge >= 0.3 is 12.3 Å². The van der Waals surface area contributed by atoms with Crippen LogP contribution < -0.4 is 0 Å². The number of carbonyl (C=O) groups excluding carboxylic acids is 2. The lowest BCUT2D eigenvalue weighted by Gasteiger charge is -2.42. The van der Waals surface area contributed by atoms with Crippen molar-refractivity contribution in [2.75, 3.05) is 39.3 Å². The molecule has 0 saturated carbocycles. The second-order valence-electron chi connectivity index (χ2n) is 9.46. The number of amides is 2. The number of hydrogen-bond acceptors (Lipinski definition) is 6. The van der Waals surface area contributed by atoms with Crippen LogP contribution in [0.4, 0.5) is 22.4 Å². The zero-order valence-electron chi connectivity index (χ0n) is 20.4. The summed E-state index contributed by atoms with van der Waals surface area (Å²) in [4.78, 5) is 31.1. The molecule has 0 unspecified atom stereocenters. The first-order valence-electron chi connectivity index (χ1n) is 12.3. The summed E-state index contributed by atoms with van der Waals surface area (Å²) < 4.78 is 57.1. The van der Waals surface area contributed by atoms with Crippen molar-refractivity contribution in [3.63, 3.8) is 0 Å². The zero-order chi connectivity index (χ0) is 26.9. The number of hydrogen-bond donors (Lipinski definition) is 1. The van der Waals surface area contributed by atoms with Crippen molar-refractivity contribution >= 4 is 23.0 Å². The number of carbonyl (C=O) groups is 2. The number of ether oxygens (including phenoxy) is 1. The Morgan fingerprint density at radius 1 is 0.974 bits per heavy atom. The molecule has 3 aromatic rings. The van der Waals surface area contributed by atoms with Crippen LogP contribution in [0.25, 0.3) is 11.0 Å². The van der Waals surface area contributed by atoms with Crippen LogP contribution in [-0.2, 0) is 17.5 Å². The summed E-state index contributed by atoms with van der Waals surface area (Å²) in [5.74, 6) is -1.43. The highest BCUT2D eigenvalue weighted by Gasteiger charge is 2.34. The molecule has 2 amide bonds. The molecule has 1 N–H and O–H groups in total. The van der Waals surface area contributed by atoms with Gasteiger partial charge in [-0.05, 0) is 48.7 Å². The lowest BCUT2D eigenvalue weighted by Crippen LogP contribution is -2.54. The summed E-state index contributed by atoms with van der Waals surface area (Å²) in [7, 11) is 0. The molecular weight excluding hydrogens is 508 g/mol. The molecule has 9 nitrogen and oxygen atoms in total. The molecule has 3 heterocycles.